The summed E-state index contributed by atoms with van der Waals surface area (Å²) in [6.45, 7) is 3.27. The van der Waals surface area contributed by atoms with E-state index in [4.69, 9.17) is 16.3 Å². The molecule has 0 N–H and O–H groups in total. The number of hydrogen-bond donors (Lipinski definition) is 0. The molecule has 5 nitrogen and oxygen atoms in total. The molecule has 224 valence electrons. The maximum absolute atomic E-state index is 14.1. The van der Waals surface area contributed by atoms with E-state index in [-0.39, 0.29) is 17.9 Å². The quantitative estimate of drug-likeness (QED) is 0.129. The number of carbonyl (C=O) groups excluding carboxylic acids is 2. The van der Waals surface area contributed by atoms with Gasteiger partial charge in [0.05, 0.1) is 13.2 Å². The van der Waals surface area contributed by atoms with Crippen LogP contribution < -0.4 is 9.64 Å². The van der Waals surface area contributed by atoms with E-state index in [0.717, 1.165) is 42.5 Å². The summed E-state index contributed by atoms with van der Waals surface area (Å²) in [6.07, 6.45) is 5.15. The van der Waals surface area contributed by atoms with Crippen molar-refractivity contribution in [1.29, 1.82) is 0 Å². The first-order chi connectivity index (χ1) is 21.0. The van der Waals surface area contributed by atoms with Crippen LogP contribution in [0.25, 0.3) is 0 Å². The molecule has 0 aliphatic rings. The molecule has 4 rings (SSSR count). The van der Waals surface area contributed by atoms with Gasteiger partial charge in [-0.3, -0.25) is 9.59 Å². The van der Waals surface area contributed by atoms with E-state index in [9.17, 15) is 9.59 Å². The van der Waals surface area contributed by atoms with Crippen molar-refractivity contribution in [3.05, 3.63) is 131 Å². The van der Waals surface area contributed by atoms with Crippen LogP contribution in [0.3, 0.4) is 0 Å². The molecule has 0 heterocycles. The molecule has 0 bridgehead atoms. The number of unbranched alkanes of at least 4 members (excludes halogenated alkanes) is 3. The maximum Gasteiger partial charge on any atom is 0.258 e. The van der Waals surface area contributed by atoms with Crippen LogP contribution in [0.5, 0.6) is 5.75 Å². The van der Waals surface area contributed by atoms with Gasteiger partial charge in [0.1, 0.15) is 5.75 Å². The van der Waals surface area contributed by atoms with Crippen molar-refractivity contribution in [2.45, 2.75) is 51.5 Å². The van der Waals surface area contributed by atoms with Gasteiger partial charge in [-0.1, -0.05) is 98.5 Å². The van der Waals surface area contributed by atoms with Crippen LogP contribution in [-0.4, -0.2) is 36.9 Å². The molecule has 0 unspecified atom stereocenters. The Bertz CT molecular complexity index is 1370. The molecular formula is C37H41ClN2O3. The van der Waals surface area contributed by atoms with Crippen LogP contribution in [0.2, 0.25) is 5.02 Å². The van der Waals surface area contributed by atoms with Gasteiger partial charge in [-0.05, 0) is 72.5 Å². The second-order valence-corrected chi connectivity index (χ2v) is 11.1. The van der Waals surface area contributed by atoms with Gasteiger partial charge in [0.2, 0.25) is 5.91 Å². The smallest absolute Gasteiger partial charge is 0.258 e. The first kappa shape index (κ1) is 31.8. The van der Waals surface area contributed by atoms with Gasteiger partial charge in [-0.2, -0.15) is 0 Å². The third-order valence-corrected chi connectivity index (χ3v) is 7.86. The van der Waals surface area contributed by atoms with Crippen LogP contribution in [0, 0.1) is 0 Å². The summed E-state index contributed by atoms with van der Waals surface area (Å²) in [7, 11) is 1.61. The summed E-state index contributed by atoms with van der Waals surface area (Å²) in [5, 5.41) is 0.573. The van der Waals surface area contributed by atoms with Crippen molar-refractivity contribution < 1.29 is 14.3 Å². The Balaban J connectivity index is 1.56. The van der Waals surface area contributed by atoms with E-state index in [0.29, 0.717) is 42.3 Å². The fourth-order valence-electron chi connectivity index (χ4n) is 5.32. The number of hydrogen-bond acceptors (Lipinski definition) is 3. The van der Waals surface area contributed by atoms with Crippen LogP contribution in [0.4, 0.5) is 5.69 Å². The van der Waals surface area contributed by atoms with Crippen molar-refractivity contribution in [3.8, 4) is 5.75 Å². The molecule has 43 heavy (non-hydrogen) atoms. The Morgan fingerprint density at radius 2 is 1.33 bits per heavy atom. The molecule has 0 radical (unpaired) electrons. The van der Waals surface area contributed by atoms with Crippen molar-refractivity contribution in [1.82, 2.24) is 4.90 Å². The Morgan fingerprint density at radius 3 is 1.88 bits per heavy atom. The predicted octanol–water partition coefficient (Wildman–Crippen LogP) is 8.97. The van der Waals surface area contributed by atoms with Crippen LogP contribution >= 0.6 is 11.6 Å². The minimum absolute atomic E-state index is 0.0860. The Hall–Kier alpha value is -4.09. The second-order valence-electron chi connectivity index (χ2n) is 10.6. The largest absolute Gasteiger partial charge is 0.497 e. The highest BCUT2D eigenvalue weighted by Crippen LogP contribution is 2.30. The molecule has 6 heteroatoms. The Kier molecular flexibility index (Phi) is 12.2. The molecule has 4 aromatic carbocycles. The minimum atomic E-state index is -0.176. The number of benzene rings is 4. The fourth-order valence-corrected chi connectivity index (χ4v) is 5.45. The molecule has 4 aromatic rings. The van der Waals surface area contributed by atoms with E-state index >= 15 is 0 Å². The number of carbonyl (C=O) groups is 2. The summed E-state index contributed by atoms with van der Waals surface area (Å²) < 4.78 is 5.32. The van der Waals surface area contributed by atoms with Gasteiger partial charge >= 0.3 is 0 Å². The highest BCUT2D eigenvalue weighted by molar-refractivity contribution is 6.30. The lowest BCUT2D eigenvalue weighted by Crippen LogP contribution is -2.37. The highest BCUT2D eigenvalue weighted by atomic mass is 35.5. The number of rotatable bonds is 15. The molecule has 0 atom stereocenters. The Labute approximate surface area is 261 Å². The summed E-state index contributed by atoms with van der Waals surface area (Å²) in [4.78, 5) is 31.5. The zero-order chi connectivity index (χ0) is 30.4. The molecule has 0 aliphatic heterocycles. The van der Waals surface area contributed by atoms with Gasteiger partial charge < -0.3 is 14.5 Å². The Morgan fingerprint density at radius 1 is 0.721 bits per heavy atom. The predicted molar refractivity (Wildman–Crippen MR) is 176 cm³/mol. The molecule has 0 fully saturated rings. The zero-order valence-electron chi connectivity index (χ0n) is 25.1. The minimum Gasteiger partial charge on any atom is -0.497 e. The molecule has 0 aromatic heterocycles. The van der Waals surface area contributed by atoms with E-state index in [1.54, 1.807) is 36.3 Å². The average Bonchev–Trinajstić information content (AvgIpc) is 3.05. The topological polar surface area (TPSA) is 49.9 Å². The number of anilines is 1. The van der Waals surface area contributed by atoms with E-state index in [1.165, 1.54) is 0 Å². The molecular weight excluding hydrogens is 556 g/mol. The number of nitrogens with zero attached hydrogens (tertiary/aromatic N) is 2. The highest BCUT2D eigenvalue weighted by Gasteiger charge is 2.27. The van der Waals surface area contributed by atoms with Crippen molar-refractivity contribution in [3.63, 3.8) is 0 Å². The zero-order valence-corrected chi connectivity index (χ0v) is 25.9. The third-order valence-electron chi connectivity index (χ3n) is 7.61. The van der Waals surface area contributed by atoms with Crippen molar-refractivity contribution >= 4 is 29.1 Å². The first-order valence-corrected chi connectivity index (χ1v) is 15.5. The van der Waals surface area contributed by atoms with Gasteiger partial charge in [-0.25, -0.2) is 0 Å². The molecule has 0 spiro atoms. The lowest BCUT2D eigenvalue weighted by Gasteiger charge is -2.33. The molecule has 2 amide bonds. The van der Waals surface area contributed by atoms with Crippen LogP contribution in [0.1, 0.15) is 73.0 Å². The SMILES string of the molecule is CCCCCCN(C(=O)CCCN(C(=O)c1ccc(Cl)cc1)c1ccc(OC)cc1)C(c1ccccc1)c1ccccc1. The number of amides is 2. The average molecular weight is 597 g/mol. The summed E-state index contributed by atoms with van der Waals surface area (Å²) in [6, 6.07) is 34.6. The van der Waals surface area contributed by atoms with Gasteiger partial charge in [-0.15, -0.1) is 0 Å². The number of ether oxygens (including phenoxy) is 1. The normalized spacial score (nSPS) is 10.9. The lowest BCUT2D eigenvalue weighted by atomic mass is 9.96. The monoisotopic (exact) mass is 596 g/mol. The second kappa shape index (κ2) is 16.5. The number of methoxy groups -OCH3 is 1. The number of halogens is 1. The molecule has 0 saturated heterocycles. The summed E-state index contributed by atoms with van der Waals surface area (Å²) in [5.74, 6) is 0.657. The lowest BCUT2D eigenvalue weighted by molar-refractivity contribution is -0.133. The van der Waals surface area contributed by atoms with Gasteiger partial charge in [0, 0.05) is 35.8 Å². The van der Waals surface area contributed by atoms with Crippen molar-refractivity contribution in [2.75, 3.05) is 25.1 Å². The van der Waals surface area contributed by atoms with E-state index in [1.807, 2.05) is 65.6 Å². The fraction of sp³-hybridized carbons (Fsp3) is 0.297. The van der Waals surface area contributed by atoms with E-state index < -0.39 is 0 Å². The summed E-state index contributed by atoms with van der Waals surface area (Å²) >= 11 is 6.08. The van der Waals surface area contributed by atoms with Crippen molar-refractivity contribution in [2.24, 2.45) is 0 Å². The van der Waals surface area contributed by atoms with Crippen LogP contribution in [-0.2, 0) is 4.79 Å². The summed E-state index contributed by atoms with van der Waals surface area (Å²) in [5.41, 5.74) is 3.47. The molecule has 0 saturated carbocycles. The molecule has 0 aliphatic carbocycles. The van der Waals surface area contributed by atoms with Gasteiger partial charge in [0.15, 0.2) is 0 Å². The first-order valence-electron chi connectivity index (χ1n) is 15.1. The van der Waals surface area contributed by atoms with Crippen LogP contribution in [0.15, 0.2) is 109 Å². The standard InChI is InChI=1S/C37H41ClN2O3/c1-3-4-5-12-27-40(36(29-14-8-6-9-15-29)30-16-10-7-11-17-30)35(41)18-13-28-39(33-23-25-34(43-2)26-24-33)37(42)31-19-21-32(38)22-20-31/h6-11,14-17,19-26,36H,3-5,12-13,18,27-28H2,1-2H3. The van der Waals surface area contributed by atoms with E-state index in [2.05, 4.69) is 31.2 Å². The maximum atomic E-state index is 14.1. The van der Waals surface area contributed by atoms with Gasteiger partial charge in [0.25, 0.3) is 5.91 Å². The third kappa shape index (κ3) is 8.95.